The van der Waals surface area contributed by atoms with Crippen LogP contribution in [0.4, 0.5) is 0 Å². The first-order valence-corrected chi connectivity index (χ1v) is 10.2. The predicted molar refractivity (Wildman–Crippen MR) is 114 cm³/mol. The Balaban J connectivity index is 1.49. The van der Waals surface area contributed by atoms with Gasteiger partial charge in [0.15, 0.2) is 6.61 Å². The van der Waals surface area contributed by atoms with Gasteiger partial charge in [0.1, 0.15) is 0 Å². The van der Waals surface area contributed by atoms with Crippen LogP contribution in [0.5, 0.6) is 0 Å². The molecule has 144 valence electrons. The third-order valence-electron chi connectivity index (χ3n) is 4.20. The lowest BCUT2D eigenvalue weighted by molar-refractivity contribution is -0.146. The molecule has 0 spiro atoms. The number of carbonyl (C=O) groups is 2. The molecule has 0 aliphatic carbocycles. The Hall–Kier alpha value is -2.50. The Kier molecular flexibility index (Phi) is 6.95. The van der Waals surface area contributed by atoms with Gasteiger partial charge in [-0.2, -0.15) is 0 Å². The molecule has 0 aliphatic rings. The molecule has 6 heteroatoms. The molecular weight excluding hydrogens is 394 g/mol. The zero-order valence-electron chi connectivity index (χ0n) is 15.4. The van der Waals surface area contributed by atoms with Crippen LogP contribution in [0, 0.1) is 0 Å². The number of hydrogen-bond donors (Lipinski definition) is 1. The quantitative estimate of drug-likeness (QED) is 0.437. The maximum absolute atomic E-state index is 12.0. The van der Waals surface area contributed by atoms with E-state index < -0.39 is 5.97 Å². The van der Waals surface area contributed by atoms with E-state index in [0.717, 1.165) is 21.2 Å². The molecule has 0 saturated heterocycles. The molecule has 0 aliphatic heterocycles. The van der Waals surface area contributed by atoms with Gasteiger partial charge in [-0.15, -0.1) is 11.8 Å². The molecule has 0 bridgehead atoms. The first-order chi connectivity index (χ1) is 13.5. The van der Waals surface area contributed by atoms with Gasteiger partial charge < -0.3 is 10.1 Å². The molecule has 3 aromatic carbocycles. The van der Waals surface area contributed by atoms with E-state index in [9.17, 15) is 9.59 Å². The number of ether oxygens (including phenoxy) is 1. The van der Waals surface area contributed by atoms with Crippen molar-refractivity contribution in [3.63, 3.8) is 0 Å². The summed E-state index contributed by atoms with van der Waals surface area (Å²) in [6.45, 7) is 1.59. The molecule has 1 atom stereocenters. The number of rotatable bonds is 7. The summed E-state index contributed by atoms with van der Waals surface area (Å²) in [6, 6.07) is 21.0. The van der Waals surface area contributed by atoms with Gasteiger partial charge in [0.2, 0.25) is 0 Å². The number of nitrogens with one attached hydrogen (secondary N) is 1. The minimum Gasteiger partial charge on any atom is -0.455 e. The Labute approximate surface area is 173 Å². The minimum absolute atomic E-state index is 0.103. The largest absolute Gasteiger partial charge is 0.455 e. The van der Waals surface area contributed by atoms with Crippen LogP contribution in [0.1, 0.15) is 18.5 Å². The second-order valence-electron chi connectivity index (χ2n) is 6.24. The Morgan fingerprint density at radius 2 is 1.75 bits per heavy atom. The molecule has 0 saturated carbocycles. The summed E-state index contributed by atoms with van der Waals surface area (Å²) < 4.78 is 5.10. The van der Waals surface area contributed by atoms with Gasteiger partial charge in [-0.05, 0) is 30.0 Å². The highest BCUT2D eigenvalue weighted by molar-refractivity contribution is 8.00. The third kappa shape index (κ3) is 5.27. The smallest absolute Gasteiger partial charge is 0.316 e. The molecule has 0 fully saturated rings. The van der Waals surface area contributed by atoms with Gasteiger partial charge in [0.05, 0.1) is 11.8 Å². The SMILES string of the molecule is C[C@H](NC(=O)COC(=O)CSc1cccc2cccc(Cl)c12)c1ccccc1. The van der Waals surface area contributed by atoms with Gasteiger partial charge in [0.25, 0.3) is 5.91 Å². The van der Waals surface area contributed by atoms with E-state index in [2.05, 4.69) is 5.32 Å². The predicted octanol–water partition coefficient (Wildman–Crippen LogP) is 5.01. The normalized spacial score (nSPS) is 11.8. The topological polar surface area (TPSA) is 55.4 Å². The van der Waals surface area contributed by atoms with Gasteiger partial charge in [-0.25, -0.2) is 0 Å². The highest BCUT2D eigenvalue weighted by Gasteiger charge is 2.13. The van der Waals surface area contributed by atoms with E-state index in [1.165, 1.54) is 11.8 Å². The highest BCUT2D eigenvalue weighted by atomic mass is 35.5. The summed E-state index contributed by atoms with van der Waals surface area (Å²) in [5, 5.41) is 5.39. The number of carbonyl (C=O) groups excluding carboxylic acids is 2. The third-order valence-corrected chi connectivity index (χ3v) is 5.55. The Morgan fingerprint density at radius 1 is 1.04 bits per heavy atom. The monoisotopic (exact) mass is 413 g/mol. The van der Waals surface area contributed by atoms with Crippen LogP contribution >= 0.6 is 23.4 Å². The Bertz CT molecular complexity index is 973. The van der Waals surface area contributed by atoms with Crippen LogP contribution in [0.15, 0.2) is 71.6 Å². The average Bonchev–Trinajstić information content (AvgIpc) is 2.71. The van der Waals surface area contributed by atoms with E-state index in [0.29, 0.717) is 5.02 Å². The van der Waals surface area contributed by atoms with E-state index in [1.807, 2.05) is 73.7 Å². The van der Waals surface area contributed by atoms with Gasteiger partial charge >= 0.3 is 5.97 Å². The van der Waals surface area contributed by atoms with Crippen LogP contribution in [-0.4, -0.2) is 24.2 Å². The molecule has 0 aromatic heterocycles. The van der Waals surface area contributed by atoms with Crippen molar-refractivity contribution in [2.45, 2.75) is 17.9 Å². The number of esters is 1. The number of amides is 1. The van der Waals surface area contributed by atoms with Crippen molar-refractivity contribution in [1.82, 2.24) is 5.32 Å². The number of hydrogen-bond acceptors (Lipinski definition) is 4. The second-order valence-corrected chi connectivity index (χ2v) is 7.67. The molecule has 1 amide bonds. The van der Waals surface area contributed by atoms with Crippen LogP contribution in [0.25, 0.3) is 10.8 Å². The average molecular weight is 414 g/mol. The lowest BCUT2D eigenvalue weighted by atomic mass is 10.1. The lowest BCUT2D eigenvalue weighted by Gasteiger charge is -2.14. The molecule has 4 nitrogen and oxygen atoms in total. The summed E-state index contributed by atoms with van der Waals surface area (Å²) in [5.74, 6) is -0.675. The molecule has 0 heterocycles. The number of halogens is 1. The molecule has 28 heavy (non-hydrogen) atoms. The molecule has 3 rings (SSSR count). The van der Waals surface area contributed by atoms with E-state index in [4.69, 9.17) is 16.3 Å². The zero-order valence-corrected chi connectivity index (χ0v) is 16.9. The maximum Gasteiger partial charge on any atom is 0.316 e. The van der Waals surface area contributed by atoms with Crippen LogP contribution in [0.2, 0.25) is 5.02 Å². The van der Waals surface area contributed by atoms with Crippen molar-refractivity contribution in [2.24, 2.45) is 0 Å². The van der Waals surface area contributed by atoms with Gasteiger partial charge in [0, 0.05) is 15.3 Å². The highest BCUT2D eigenvalue weighted by Crippen LogP contribution is 2.33. The second kappa shape index (κ2) is 9.62. The summed E-state index contributed by atoms with van der Waals surface area (Å²) in [5.41, 5.74) is 0.991. The lowest BCUT2D eigenvalue weighted by Crippen LogP contribution is -2.31. The van der Waals surface area contributed by atoms with E-state index in [1.54, 1.807) is 0 Å². The summed E-state index contributed by atoms with van der Waals surface area (Å²) in [7, 11) is 0. The summed E-state index contributed by atoms with van der Waals surface area (Å²) in [6.07, 6.45) is 0. The van der Waals surface area contributed by atoms with Crippen molar-refractivity contribution in [3.8, 4) is 0 Å². The fraction of sp³-hybridized carbons (Fsp3) is 0.182. The fourth-order valence-corrected chi connectivity index (χ4v) is 4.06. The van der Waals surface area contributed by atoms with Crippen molar-refractivity contribution < 1.29 is 14.3 Å². The maximum atomic E-state index is 12.0. The van der Waals surface area contributed by atoms with Crippen molar-refractivity contribution >= 4 is 46.0 Å². The first kappa shape index (κ1) is 20.2. The van der Waals surface area contributed by atoms with Crippen molar-refractivity contribution in [2.75, 3.05) is 12.4 Å². The van der Waals surface area contributed by atoms with Crippen LogP contribution in [0.3, 0.4) is 0 Å². The fourth-order valence-electron chi connectivity index (χ4n) is 2.82. The van der Waals surface area contributed by atoms with E-state index in [-0.39, 0.29) is 24.3 Å². The zero-order chi connectivity index (χ0) is 19.9. The minimum atomic E-state index is -0.448. The standard InChI is InChI=1S/C22H20ClNO3S/c1-15(16-7-3-2-4-8-16)24-20(25)13-27-21(26)14-28-19-12-6-10-17-9-5-11-18(23)22(17)19/h2-12,15H,13-14H2,1H3,(H,24,25)/t15-/m0/s1. The van der Waals surface area contributed by atoms with E-state index >= 15 is 0 Å². The van der Waals surface area contributed by atoms with Gasteiger partial charge in [-0.1, -0.05) is 66.2 Å². The number of benzene rings is 3. The molecule has 0 radical (unpaired) electrons. The number of thioether (sulfide) groups is 1. The van der Waals surface area contributed by atoms with Gasteiger partial charge in [-0.3, -0.25) is 9.59 Å². The summed E-state index contributed by atoms with van der Waals surface area (Å²) >= 11 is 7.64. The summed E-state index contributed by atoms with van der Waals surface area (Å²) in [4.78, 5) is 25.0. The molecule has 3 aromatic rings. The molecule has 0 unspecified atom stereocenters. The number of fused-ring (bicyclic) bond motifs is 1. The van der Waals surface area contributed by atoms with Crippen molar-refractivity contribution in [1.29, 1.82) is 0 Å². The molecular formula is C22H20ClNO3S. The molecule has 1 N–H and O–H groups in total. The van der Waals surface area contributed by atoms with Crippen LogP contribution in [-0.2, 0) is 14.3 Å². The Morgan fingerprint density at radius 3 is 2.50 bits per heavy atom. The first-order valence-electron chi connectivity index (χ1n) is 8.84. The van der Waals surface area contributed by atoms with Crippen LogP contribution < -0.4 is 5.32 Å². The van der Waals surface area contributed by atoms with Crippen molar-refractivity contribution in [3.05, 3.63) is 77.3 Å².